The highest BCUT2D eigenvalue weighted by molar-refractivity contribution is 5.71. The van der Waals surface area contributed by atoms with E-state index in [0.717, 1.165) is 0 Å². The Hall–Kier alpha value is -2.24. The zero-order chi connectivity index (χ0) is 14.1. The predicted molar refractivity (Wildman–Crippen MR) is 64.4 cm³/mol. The topological polar surface area (TPSA) is 71.1 Å². The molecule has 1 aromatic rings. The van der Waals surface area contributed by atoms with Crippen molar-refractivity contribution in [2.75, 3.05) is 13.2 Å². The van der Waals surface area contributed by atoms with Crippen molar-refractivity contribution in [3.63, 3.8) is 0 Å². The summed E-state index contributed by atoms with van der Waals surface area (Å²) in [5.41, 5.74) is 0. The minimum absolute atomic E-state index is 0.188. The number of hydrogen-bond donors (Lipinski definition) is 0. The normalized spacial score (nSPS) is 11.3. The van der Waals surface area contributed by atoms with E-state index in [9.17, 15) is 9.59 Å². The average molecular weight is 267 g/mol. The van der Waals surface area contributed by atoms with Gasteiger partial charge in [-0.25, -0.2) is 9.59 Å². The highest BCUT2D eigenvalue weighted by atomic mass is 16.8. The highest BCUT2D eigenvalue weighted by Crippen LogP contribution is 2.08. The summed E-state index contributed by atoms with van der Waals surface area (Å²) in [4.78, 5) is 22.3. The summed E-state index contributed by atoms with van der Waals surface area (Å²) in [7, 11) is 0. The van der Waals surface area contributed by atoms with Gasteiger partial charge in [0.2, 0.25) is 6.29 Å². The van der Waals surface area contributed by atoms with Gasteiger partial charge in [-0.3, -0.25) is 0 Å². The van der Waals surface area contributed by atoms with E-state index in [1.54, 1.807) is 31.2 Å². The Morgan fingerprint density at radius 3 is 2.58 bits per heavy atom. The van der Waals surface area contributed by atoms with Gasteiger partial charge < -0.3 is 18.9 Å². The van der Waals surface area contributed by atoms with Crippen LogP contribution < -0.4 is 4.74 Å². The molecular weight excluding hydrogens is 252 g/mol. The van der Waals surface area contributed by atoms with E-state index in [2.05, 4.69) is 15.5 Å². The SMILES string of the molecule is CCOC(=O)OC(C)OC(=O)COc1cc[c]cc1. The average Bonchev–Trinajstić information content (AvgIpc) is 2.37. The first-order chi connectivity index (χ1) is 9.11. The molecular formula is C13H15O6. The standard InChI is InChI=1S/C13H15O6/c1-3-16-13(15)19-10(2)18-12(14)9-17-11-7-5-4-6-8-11/h5-8,10H,3,9H2,1-2H3. The maximum absolute atomic E-state index is 11.4. The molecule has 0 heterocycles. The Morgan fingerprint density at radius 1 is 1.26 bits per heavy atom. The summed E-state index contributed by atoms with van der Waals surface area (Å²) in [6.45, 7) is 2.96. The number of hydrogen-bond acceptors (Lipinski definition) is 6. The third kappa shape index (κ3) is 6.30. The Labute approximate surface area is 111 Å². The van der Waals surface area contributed by atoms with E-state index in [1.807, 2.05) is 0 Å². The van der Waals surface area contributed by atoms with Crippen molar-refractivity contribution in [2.45, 2.75) is 20.1 Å². The molecule has 1 rings (SSSR count). The molecule has 1 aromatic carbocycles. The van der Waals surface area contributed by atoms with E-state index in [1.165, 1.54) is 6.92 Å². The molecule has 0 spiro atoms. The maximum Gasteiger partial charge on any atom is 0.511 e. The molecule has 6 nitrogen and oxygen atoms in total. The number of carbonyl (C=O) groups is 2. The first kappa shape index (κ1) is 14.8. The van der Waals surface area contributed by atoms with E-state index in [-0.39, 0.29) is 13.2 Å². The summed E-state index contributed by atoms with van der Waals surface area (Å²) in [6, 6.07) is 9.46. The fourth-order valence-corrected chi connectivity index (χ4v) is 1.14. The van der Waals surface area contributed by atoms with Crippen LogP contribution in [-0.2, 0) is 19.0 Å². The Balaban J connectivity index is 2.25. The zero-order valence-corrected chi connectivity index (χ0v) is 10.8. The quantitative estimate of drug-likeness (QED) is 0.579. The number of esters is 1. The van der Waals surface area contributed by atoms with Crippen molar-refractivity contribution < 1.29 is 28.5 Å². The van der Waals surface area contributed by atoms with Crippen LogP contribution in [0.25, 0.3) is 0 Å². The first-order valence-corrected chi connectivity index (χ1v) is 5.73. The highest BCUT2D eigenvalue weighted by Gasteiger charge is 2.15. The lowest BCUT2D eigenvalue weighted by atomic mass is 10.3. The lowest BCUT2D eigenvalue weighted by Gasteiger charge is -2.13. The number of ether oxygens (including phenoxy) is 4. The fraction of sp³-hybridized carbons (Fsp3) is 0.385. The molecule has 103 valence electrons. The molecule has 1 unspecified atom stereocenters. The van der Waals surface area contributed by atoms with Crippen LogP contribution in [-0.4, -0.2) is 31.6 Å². The van der Waals surface area contributed by atoms with Crippen LogP contribution in [0.1, 0.15) is 13.8 Å². The second-order valence-electron chi connectivity index (χ2n) is 3.38. The largest absolute Gasteiger partial charge is 0.511 e. The van der Waals surface area contributed by atoms with Crippen LogP contribution in [0.5, 0.6) is 5.75 Å². The molecule has 0 amide bonds. The molecule has 0 bridgehead atoms. The monoisotopic (exact) mass is 267 g/mol. The Morgan fingerprint density at radius 2 is 1.95 bits per heavy atom. The van der Waals surface area contributed by atoms with Gasteiger partial charge in [0.25, 0.3) is 0 Å². The molecule has 0 aliphatic heterocycles. The van der Waals surface area contributed by atoms with Gasteiger partial charge in [0, 0.05) is 6.92 Å². The summed E-state index contributed by atoms with van der Waals surface area (Å²) >= 11 is 0. The van der Waals surface area contributed by atoms with Crippen molar-refractivity contribution in [2.24, 2.45) is 0 Å². The molecule has 0 aliphatic rings. The van der Waals surface area contributed by atoms with E-state index in [0.29, 0.717) is 5.75 Å². The Bertz CT molecular complexity index is 403. The third-order valence-electron chi connectivity index (χ3n) is 1.87. The fourth-order valence-electron chi connectivity index (χ4n) is 1.14. The molecule has 0 aliphatic carbocycles. The molecule has 0 saturated heterocycles. The molecule has 1 radical (unpaired) electrons. The Kier molecular flexibility index (Phi) is 6.21. The molecule has 0 N–H and O–H groups in total. The van der Waals surface area contributed by atoms with Gasteiger partial charge in [-0.2, -0.15) is 0 Å². The summed E-state index contributed by atoms with van der Waals surface area (Å²) in [5.74, 6) is -0.126. The van der Waals surface area contributed by atoms with Crippen molar-refractivity contribution >= 4 is 12.1 Å². The van der Waals surface area contributed by atoms with Crippen LogP contribution in [0.4, 0.5) is 4.79 Å². The smallest absolute Gasteiger partial charge is 0.482 e. The van der Waals surface area contributed by atoms with Crippen molar-refractivity contribution in [3.05, 3.63) is 30.3 Å². The van der Waals surface area contributed by atoms with Gasteiger partial charge in [-0.1, -0.05) is 12.1 Å². The minimum Gasteiger partial charge on any atom is -0.482 e. The summed E-state index contributed by atoms with van der Waals surface area (Å²) < 4.78 is 19.1. The van der Waals surface area contributed by atoms with Crippen LogP contribution in [0.3, 0.4) is 0 Å². The van der Waals surface area contributed by atoms with Crippen LogP contribution >= 0.6 is 0 Å². The van der Waals surface area contributed by atoms with Gasteiger partial charge in [-0.15, -0.1) is 0 Å². The lowest BCUT2D eigenvalue weighted by molar-refractivity contribution is -0.170. The molecule has 0 saturated carbocycles. The van der Waals surface area contributed by atoms with Gasteiger partial charge in [0.1, 0.15) is 5.75 Å². The lowest BCUT2D eigenvalue weighted by Crippen LogP contribution is -2.25. The van der Waals surface area contributed by atoms with Crippen molar-refractivity contribution in [1.82, 2.24) is 0 Å². The van der Waals surface area contributed by atoms with Gasteiger partial charge in [0.15, 0.2) is 6.61 Å². The van der Waals surface area contributed by atoms with Crippen LogP contribution in [0.15, 0.2) is 24.3 Å². The van der Waals surface area contributed by atoms with Crippen molar-refractivity contribution in [1.29, 1.82) is 0 Å². The van der Waals surface area contributed by atoms with E-state index >= 15 is 0 Å². The minimum atomic E-state index is -1.03. The van der Waals surface area contributed by atoms with Gasteiger partial charge in [0.05, 0.1) is 6.61 Å². The maximum atomic E-state index is 11.4. The molecule has 19 heavy (non-hydrogen) atoms. The summed E-state index contributed by atoms with van der Waals surface area (Å²) in [6.07, 6.45) is -1.92. The second-order valence-corrected chi connectivity index (χ2v) is 3.38. The van der Waals surface area contributed by atoms with Gasteiger partial charge in [-0.05, 0) is 25.1 Å². The van der Waals surface area contributed by atoms with E-state index in [4.69, 9.17) is 9.47 Å². The third-order valence-corrected chi connectivity index (χ3v) is 1.87. The molecule has 6 heteroatoms. The molecule has 0 fully saturated rings. The number of carbonyl (C=O) groups excluding carboxylic acids is 2. The summed E-state index contributed by atoms with van der Waals surface area (Å²) in [5, 5.41) is 0. The van der Waals surface area contributed by atoms with Crippen LogP contribution in [0, 0.1) is 6.07 Å². The van der Waals surface area contributed by atoms with Gasteiger partial charge >= 0.3 is 12.1 Å². The first-order valence-electron chi connectivity index (χ1n) is 5.73. The molecule has 1 atom stereocenters. The van der Waals surface area contributed by atoms with Crippen LogP contribution in [0.2, 0.25) is 0 Å². The predicted octanol–water partition coefficient (Wildman–Crippen LogP) is 1.93. The number of rotatable bonds is 6. The number of benzene rings is 1. The second kappa shape index (κ2) is 7.97. The van der Waals surface area contributed by atoms with E-state index < -0.39 is 18.4 Å². The zero-order valence-electron chi connectivity index (χ0n) is 10.8. The van der Waals surface area contributed by atoms with Crippen molar-refractivity contribution in [3.8, 4) is 5.75 Å². The molecule has 0 aromatic heterocycles.